The molecule has 17 heavy (non-hydrogen) atoms. The van der Waals surface area contributed by atoms with E-state index in [4.69, 9.17) is 10.5 Å². The maximum Gasteiger partial charge on any atom is 0.121 e. The Morgan fingerprint density at radius 1 is 1.35 bits per heavy atom. The molecule has 2 N–H and O–H groups in total. The highest BCUT2D eigenvalue weighted by Crippen LogP contribution is 2.20. The minimum absolute atomic E-state index is 0.547. The molecular formula is C14H22N2O. The largest absolute Gasteiger partial charge is 0.492 e. The molecule has 0 amide bonds. The number of benzene rings is 1. The lowest BCUT2D eigenvalue weighted by molar-refractivity contribution is 0.125. The topological polar surface area (TPSA) is 38.5 Å². The van der Waals surface area contributed by atoms with Crippen LogP contribution in [0.5, 0.6) is 5.75 Å². The van der Waals surface area contributed by atoms with Crippen LogP contribution in [0.4, 0.5) is 5.69 Å². The summed E-state index contributed by atoms with van der Waals surface area (Å²) in [5.74, 6) is 0.890. The lowest BCUT2D eigenvalue weighted by atomic mass is 10.0. The first-order valence-electron chi connectivity index (χ1n) is 6.35. The third kappa shape index (κ3) is 3.37. The van der Waals surface area contributed by atoms with Gasteiger partial charge in [0, 0.05) is 17.8 Å². The fourth-order valence-corrected chi connectivity index (χ4v) is 2.41. The van der Waals surface area contributed by atoms with Gasteiger partial charge >= 0.3 is 0 Å². The molecule has 1 aromatic rings. The second-order valence-electron chi connectivity index (χ2n) is 5.02. The third-order valence-electron chi connectivity index (χ3n) is 3.44. The Bertz CT molecular complexity index is 358. The molecule has 3 nitrogen and oxygen atoms in total. The van der Waals surface area contributed by atoms with E-state index < -0.39 is 0 Å². The van der Waals surface area contributed by atoms with Gasteiger partial charge in [-0.05, 0) is 51.1 Å². The number of nitrogens with two attached hydrogens (primary N) is 1. The number of ether oxygens (including phenoxy) is 1. The molecule has 1 aliphatic heterocycles. The number of nitrogen functional groups attached to an aromatic ring is 1. The number of anilines is 1. The summed E-state index contributed by atoms with van der Waals surface area (Å²) in [6.07, 6.45) is 3.86. The fourth-order valence-electron chi connectivity index (χ4n) is 2.41. The highest BCUT2D eigenvalue weighted by molar-refractivity contribution is 5.47. The molecule has 2 rings (SSSR count). The number of likely N-dealkylation sites (tertiary alicyclic amines) is 1. The second kappa shape index (κ2) is 5.41. The van der Waals surface area contributed by atoms with Gasteiger partial charge in [0.2, 0.25) is 0 Å². The molecule has 0 bridgehead atoms. The predicted molar refractivity (Wildman–Crippen MR) is 71.4 cm³/mol. The van der Waals surface area contributed by atoms with Crippen molar-refractivity contribution in [1.82, 2.24) is 4.90 Å². The number of aryl methyl sites for hydroxylation is 1. The first-order valence-corrected chi connectivity index (χ1v) is 6.35. The van der Waals surface area contributed by atoms with Crippen LogP contribution >= 0.6 is 0 Å². The van der Waals surface area contributed by atoms with Gasteiger partial charge in [-0.3, -0.25) is 0 Å². The average molecular weight is 234 g/mol. The predicted octanol–water partition coefficient (Wildman–Crippen LogP) is 2.44. The summed E-state index contributed by atoms with van der Waals surface area (Å²) in [6.45, 7) is 3.99. The van der Waals surface area contributed by atoms with Crippen molar-refractivity contribution in [1.29, 1.82) is 0 Å². The quantitative estimate of drug-likeness (QED) is 0.816. The van der Waals surface area contributed by atoms with Gasteiger partial charge in [-0.2, -0.15) is 0 Å². The monoisotopic (exact) mass is 234 g/mol. The molecule has 1 heterocycles. The lowest BCUT2D eigenvalue weighted by Gasteiger charge is -2.32. The van der Waals surface area contributed by atoms with E-state index in [1.807, 2.05) is 25.1 Å². The number of hydrogen-bond acceptors (Lipinski definition) is 3. The molecule has 1 aromatic carbocycles. The van der Waals surface area contributed by atoms with E-state index in [9.17, 15) is 0 Å². The van der Waals surface area contributed by atoms with E-state index in [-0.39, 0.29) is 0 Å². The lowest BCUT2D eigenvalue weighted by Crippen LogP contribution is -2.40. The molecule has 3 heteroatoms. The molecule has 0 saturated carbocycles. The van der Waals surface area contributed by atoms with Crippen LogP contribution in [0, 0.1) is 6.92 Å². The van der Waals surface area contributed by atoms with Crippen LogP contribution in [0.3, 0.4) is 0 Å². The molecule has 0 radical (unpaired) electrons. The van der Waals surface area contributed by atoms with Gasteiger partial charge in [0.25, 0.3) is 0 Å². The molecule has 1 fully saturated rings. The smallest absolute Gasteiger partial charge is 0.121 e. The Balaban J connectivity index is 1.92. The van der Waals surface area contributed by atoms with Gasteiger partial charge < -0.3 is 15.4 Å². The Kier molecular flexibility index (Phi) is 3.89. The van der Waals surface area contributed by atoms with Gasteiger partial charge in [0.05, 0.1) is 0 Å². The number of likely N-dealkylation sites (N-methyl/N-ethyl adjacent to an activating group) is 1. The summed E-state index contributed by atoms with van der Waals surface area (Å²) in [7, 11) is 2.18. The second-order valence-corrected chi connectivity index (χ2v) is 5.02. The van der Waals surface area contributed by atoms with Crippen LogP contribution in [-0.4, -0.2) is 31.1 Å². The molecule has 94 valence electrons. The van der Waals surface area contributed by atoms with Crippen molar-refractivity contribution >= 4 is 5.69 Å². The average Bonchev–Trinajstić information content (AvgIpc) is 2.27. The van der Waals surface area contributed by atoms with E-state index in [0.29, 0.717) is 6.04 Å². The van der Waals surface area contributed by atoms with Crippen LogP contribution < -0.4 is 10.5 Å². The Hall–Kier alpha value is -1.22. The zero-order valence-corrected chi connectivity index (χ0v) is 10.8. The van der Waals surface area contributed by atoms with Crippen molar-refractivity contribution in [3.63, 3.8) is 0 Å². The molecule has 0 aliphatic carbocycles. The van der Waals surface area contributed by atoms with Crippen LogP contribution in [0.1, 0.15) is 24.8 Å². The van der Waals surface area contributed by atoms with Gasteiger partial charge in [-0.1, -0.05) is 6.42 Å². The van der Waals surface area contributed by atoms with Gasteiger partial charge in [0.1, 0.15) is 12.4 Å². The van der Waals surface area contributed by atoms with E-state index in [1.54, 1.807) is 0 Å². The van der Waals surface area contributed by atoms with Crippen molar-refractivity contribution < 1.29 is 4.74 Å². The Morgan fingerprint density at radius 2 is 2.18 bits per heavy atom. The Morgan fingerprint density at radius 3 is 2.88 bits per heavy atom. The van der Waals surface area contributed by atoms with E-state index in [1.165, 1.54) is 25.8 Å². The van der Waals surface area contributed by atoms with Crippen LogP contribution in [0.15, 0.2) is 18.2 Å². The first kappa shape index (κ1) is 12.2. The summed E-state index contributed by atoms with van der Waals surface area (Å²) < 4.78 is 5.86. The van der Waals surface area contributed by atoms with E-state index in [2.05, 4.69) is 11.9 Å². The minimum atomic E-state index is 0.547. The van der Waals surface area contributed by atoms with Gasteiger partial charge in [-0.25, -0.2) is 0 Å². The standard InChI is InChI=1S/C14H22N2O/c1-11-7-12(15)9-14(8-11)17-10-13-5-3-4-6-16(13)2/h7-9,13H,3-6,10,15H2,1-2H3. The van der Waals surface area contributed by atoms with Crippen molar-refractivity contribution in [2.75, 3.05) is 25.9 Å². The summed E-state index contributed by atoms with van der Waals surface area (Å²) >= 11 is 0. The highest BCUT2D eigenvalue weighted by atomic mass is 16.5. The van der Waals surface area contributed by atoms with Gasteiger partial charge in [-0.15, -0.1) is 0 Å². The first-order chi connectivity index (χ1) is 8.15. The number of nitrogens with zero attached hydrogens (tertiary/aromatic N) is 1. The van der Waals surface area contributed by atoms with Crippen LogP contribution in [0.25, 0.3) is 0 Å². The molecule has 0 spiro atoms. The van der Waals surface area contributed by atoms with Crippen LogP contribution in [0.2, 0.25) is 0 Å². The van der Waals surface area contributed by atoms with E-state index >= 15 is 0 Å². The zero-order chi connectivity index (χ0) is 12.3. The summed E-state index contributed by atoms with van der Waals surface area (Å²) in [5, 5.41) is 0. The molecule has 1 atom stereocenters. The van der Waals surface area contributed by atoms with Crippen LogP contribution in [-0.2, 0) is 0 Å². The summed E-state index contributed by atoms with van der Waals surface area (Å²) in [4.78, 5) is 2.39. The number of piperidine rings is 1. The van der Waals surface area contributed by atoms with Crippen molar-refractivity contribution in [3.05, 3.63) is 23.8 Å². The SMILES string of the molecule is Cc1cc(N)cc(OCC2CCCCN2C)c1. The summed E-state index contributed by atoms with van der Waals surface area (Å²) in [5.41, 5.74) is 7.73. The fraction of sp³-hybridized carbons (Fsp3) is 0.571. The van der Waals surface area contributed by atoms with E-state index in [0.717, 1.165) is 23.6 Å². The maximum absolute atomic E-state index is 5.86. The summed E-state index contributed by atoms with van der Waals surface area (Å²) in [6, 6.07) is 6.44. The third-order valence-corrected chi connectivity index (χ3v) is 3.44. The molecule has 0 aromatic heterocycles. The molecule has 1 aliphatic rings. The number of rotatable bonds is 3. The minimum Gasteiger partial charge on any atom is -0.492 e. The zero-order valence-electron chi connectivity index (χ0n) is 10.8. The van der Waals surface area contributed by atoms with Crippen molar-refractivity contribution in [2.24, 2.45) is 0 Å². The highest BCUT2D eigenvalue weighted by Gasteiger charge is 2.19. The molecule has 1 unspecified atom stereocenters. The maximum atomic E-state index is 5.86. The van der Waals surface area contributed by atoms with Crippen molar-refractivity contribution in [2.45, 2.75) is 32.2 Å². The molecule has 1 saturated heterocycles. The molecular weight excluding hydrogens is 212 g/mol. The Labute approximate surface area is 104 Å². The number of hydrogen-bond donors (Lipinski definition) is 1. The van der Waals surface area contributed by atoms with Crippen molar-refractivity contribution in [3.8, 4) is 5.75 Å². The van der Waals surface area contributed by atoms with Gasteiger partial charge in [0.15, 0.2) is 0 Å². The normalized spacial score (nSPS) is 21.4.